The Bertz CT molecular complexity index is 871. The van der Waals surface area contributed by atoms with E-state index in [1.807, 2.05) is 0 Å². The van der Waals surface area contributed by atoms with Crippen molar-refractivity contribution >= 4 is 11.7 Å². The van der Waals surface area contributed by atoms with Crippen molar-refractivity contribution in [2.24, 2.45) is 5.73 Å². The number of carbonyl (C=O) groups excluding carboxylic acids is 2. The first-order valence-electron chi connectivity index (χ1n) is 21.3. The second-order valence-electron chi connectivity index (χ2n) is 15.6. The van der Waals surface area contributed by atoms with Crippen LogP contribution in [0.5, 0.6) is 0 Å². The van der Waals surface area contributed by atoms with Crippen LogP contribution in [-0.4, -0.2) is 81.3 Å². The predicted octanol–water partition coefficient (Wildman–Crippen LogP) is 7.80. The average Bonchev–Trinajstić information content (AvgIpc) is 3.66. The van der Waals surface area contributed by atoms with Gasteiger partial charge in [-0.15, -0.1) is 0 Å². The van der Waals surface area contributed by atoms with E-state index in [1.165, 1.54) is 120 Å². The van der Waals surface area contributed by atoms with Crippen molar-refractivity contribution in [1.82, 2.24) is 10.2 Å². The maximum atomic E-state index is 13.8. The molecule has 6 N–H and O–H groups in total. The number of nitrogens with one attached hydrogen (secondary N) is 1. The van der Waals surface area contributed by atoms with Gasteiger partial charge in [0.2, 0.25) is 11.8 Å². The molecule has 2 rings (SSSR count). The topological polar surface area (TPSA) is 145 Å². The van der Waals surface area contributed by atoms with E-state index in [-0.39, 0.29) is 37.1 Å². The van der Waals surface area contributed by atoms with E-state index in [2.05, 4.69) is 19.2 Å². The van der Waals surface area contributed by atoms with Crippen molar-refractivity contribution < 1.29 is 29.6 Å². The van der Waals surface area contributed by atoms with Crippen molar-refractivity contribution in [1.29, 1.82) is 0 Å². The highest BCUT2D eigenvalue weighted by atomic mass is 16.6. The van der Waals surface area contributed by atoms with Gasteiger partial charge in [0, 0.05) is 19.4 Å². The van der Waals surface area contributed by atoms with Crippen molar-refractivity contribution in [2.45, 2.75) is 236 Å². The summed E-state index contributed by atoms with van der Waals surface area (Å²) in [6, 6.07) is -0.323. The molecule has 2 aliphatic rings. The number of ketones is 1. The van der Waals surface area contributed by atoms with Gasteiger partial charge in [0.05, 0.1) is 12.1 Å². The van der Waals surface area contributed by atoms with Gasteiger partial charge in [0.1, 0.15) is 18.3 Å². The lowest BCUT2D eigenvalue weighted by Gasteiger charge is -2.51. The number of nitrogens with two attached hydrogens (primary N) is 1. The molecule has 0 radical (unpaired) electrons. The van der Waals surface area contributed by atoms with Gasteiger partial charge < -0.3 is 25.4 Å². The Morgan fingerprint density at radius 2 is 1.12 bits per heavy atom. The zero-order chi connectivity index (χ0) is 36.5. The standard InChI is InChI=1S/C41H79N3O6/c1-3-5-7-9-11-13-15-16-17-18-19-20-22-24-26-30-37(46)44(32-27-25-23-21-14-12-10-8-6-4-2)41(42)40(49)39(48)38(47)36(50-41)33-35(45)34-29-28-31-43-34/h34,36,38-40,43,47-49H,3-33,42H2,1-2H3/t34-,36+,38-,39-,40+,41-/m0/s1. The molecule has 0 bridgehead atoms. The molecular weight excluding hydrogens is 630 g/mol. The van der Waals surface area contributed by atoms with Gasteiger partial charge in [-0.2, -0.15) is 0 Å². The number of hydrogen-bond acceptors (Lipinski definition) is 8. The molecule has 0 aromatic rings. The van der Waals surface area contributed by atoms with E-state index >= 15 is 0 Å². The van der Waals surface area contributed by atoms with Gasteiger partial charge in [-0.3, -0.25) is 20.2 Å². The van der Waals surface area contributed by atoms with E-state index in [0.717, 1.165) is 51.5 Å². The first-order valence-corrected chi connectivity index (χ1v) is 21.3. The highest BCUT2D eigenvalue weighted by molar-refractivity contribution is 5.84. The maximum absolute atomic E-state index is 13.8. The molecule has 9 nitrogen and oxygen atoms in total. The Labute approximate surface area is 306 Å². The molecule has 0 unspecified atom stereocenters. The van der Waals surface area contributed by atoms with E-state index in [1.54, 1.807) is 0 Å². The Morgan fingerprint density at radius 1 is 0.680 bits per heavy atom. The lowest BCUT2D eigenvalue weighted by molar-refractivity contribution is -0.309. The number of carbonyl (C=O) groups is 2. The molecule has 50 heavy (non-hydrogen) atoms. The summed E-state index contributed by atoms with van der Waals surface area (Å²) < 4.78 is 6.13. The lowest BCUT2D eigenvalue weighted by Crippen LogP contribution is -2.76. The van der Waals surface area contributed by atoms with Gasteiger partial charge in [-0.05, 0) is 32.2 Å². The third kappa shape index (κ3) is 17.2. The zero-order valence-corrected chi connectivity index (χ0v) is 32.4. The summed E-state index contributed by atoms with van der Waals surface area (Å²) in [6.07, 6.45) is 25.9. The number of nitrogens with zero attached hydrogens (tertiary/aromatic N) is 1. The number of amides is 1. The molecule has 2 fully saturated rings. The van der Waals surface area contributed by atoms with Crippen LogP contribution in [0.1, 0.15) is 200 Å². The first-order chi connectivity index (χ1) is 24.3. The van der Waals surface area contributed by atoms with Crippen LogP contribution in [0, 0.1) is 0 Å². The molecule has 2 aliphatic heterocycles. The van der Waals surface area contributed by atoms with Crippen LogP contribution in [0.25, 0.3) is 0 Å². The van der Waals surface area contributed by atoms with Crippen molar-refractivity contribution in [2.75, 3.05) is 13.1 Å². The summed E-state index contributed by atoms with van der Waals surface area (Å²) >= 11 is 0. The van der Waals surface area contributed by atoms with E-state index in [9.17, 15) is 24.9 Å². The van der Waals surface area contributed by atoms with Gasteiger partial charge in [-0.1, -0.05) is 162 Å². The first kappa shape index (κ1) is 45.1. The number of aliphatic hydroxyl groups excluding tert-OH is 3. The molecule has 0 aromatic heterocycles. The van der Waals surface area contributed by atoms with Crippen LogP contribution in [0.3, 0.4) is 0 Å². The summed E-state index contributed by atoms with van der Waals surface area (Å²) in [5.74, 6) is -2.37. The van der Waals surface area contributed by atoms with Crippen LogP contribution in [0.4, 0.5) is 0 Å². The molecule has 2 saturated heterocycles. The van der Waals surface area contributed by atoms with Gasteiger partial charge in [0.15, 0.2) is 5.78 Å². The third-order valence-corrected chi connectivity index (χ3v) is 11.1. The molecule has 0 aliphatic carbocycles. The summed E-state index contributed by atoms with van der Waals surface area (Å²) in [4.78, 5) is 28.2. The average molecular weight is 710 g/mol. The number of aliphatic hydroxyl groups is 3. The minimum Gasteiger partial charge on any atom is -0.388 e. The molecule has 1 amide bonds. The Balaban J connectivity index is 1.84. The fraction of sp³-hybridized carbons (Fsp3) is 0.951. The molecular formula is C41H79N3O6. The van der Waals surface area contributed by atoms with Crippen molar-refractivity contribution in [3.63, 3.8) is 0 Å². The summed E-state index contributed by atoms with van der Waals surface area (Å²) in [7, 11) is 0. The predicted molar refractivity (Wildman–Crippen MR) is 204 cm³/mol. The van der Waals surface area contributed by atoms with Crippen LogP contribution in [0.2, 0.25) is 0 Å². The Kier molecular flexibility index (Phi) is 24.8. The van der Waals surface area contributed by atoms with Crippen molar-refractivity contribution in [3.05, 3.63) is 0 Å². The van der Waals surface area contributed by atoms with Crippen LogP contribution < -0.4 is 11.1 Å². The minimum atomic E-state index is -2.03. The highest BCUT2D eigenvalue weighted by Gasteiger charge is 2.56. The molecule has 6 atom stereocenters. The third-order valence-electron chi connectivity index (χ3n) is 11.1. The van der Waals surface area contributed by atoms with E-state index in [0.29, 0.717) is 12.8 Å². The van der Waals surface area contributed by atoms with Gasteiger partial charge in [0.25, 0.3) is 0 Å². The van der Waals surface area contributed by atoms with Crippen LogP contribution >= 0.6 is 0 Å². The van der Waals surface area contributed by atoms with Crippen LogP contribution in [-0.2, 0) is 14.3 Å². The SMILES string of the molecule is CCCCCCCCCCCCCCCCCC(=O)N(CCCCCCCCCCCC)[C@]1(N)O[C@H](CC(=O)[C@@H]2CCCN2)[C@H](O)[C@H](O)[C@H]1O. The monoisotopic (exact) mass is 710 g/mol. The van der Waals surface area contributed by atoms with E-state index < -0.39 is 30.3 Å². The second-order valence-corrected chi connectivity index (χ2v) is 15.6. The lowest BCUT2D eigenvalue weighted by atomic mass is 9.90. The molecule has 0 spiro atoms. The normalized spacial score (nSPS) is 25.3. The summed E-state index contributed by atoms with van der Waals surface area (Å²) in [5, 5.41) is 36.0. The highest BCUT2D eigenvalue weighted by Crippen LogP contribution is 2.33. The van der Waals surface area contributed by atoms with Gasteiger partial charge >= 0.3 is 0 Å². The van der Waals surface area contributed by atoms with E-state index in [4.69, 9.17) is 10.5 Å². The fourth-order valence-electron chi connectivity index (χ4n) is 7.75. The number of rotatable bonds is 31. The van der Waals surface area contributed by atoms with Crippen LogP contribution in [0.15, 0.2) is 0 Å². The Morgan fingerprint density at radius 3 is 1.56 bits per heavy atom. The smallest absolute Gasteiger partial charge is 0.227 e. The quantitative estimate of drug-likeness (QED) is 0.0362. The largest absolute Gasteiger partial charge is 0.388 e. The molecule has 2 heterocycles. The summed E-state index contributed by atoms with van der Waals surface area (Å²) in [6.45, 7) is 5.54. The Hall–Kier alpha value is -1.10. The zero-order valence-electron chi connectivity index (χ0n) is 32.4. The maximum Gasteiger partial charge on any atom is 0.227 e. The number of unbranched alkanes of at least 4 members (excludes halogenated alkanes) is 23. The molecule has 294 valence electrons. The fourth-order valence-corrected chi connectivity index (χ4v) is 7.75. The molecule has 0 aromatic carbocycles. The summed E-state index contributed by atoms with van der Waals surface area (Å²) in [5.41, 5.74) is 6.73. The molecule has 0 saturated carbocycles. The number of hydrogen-bond donors (Lipinski definition) is 5. The second kappa shape index (κ2) is 27.5. The number of ether oxygens (including phenoxy) is 1. The van der Waals surface area contributed by atoms with Gasteiger partial charge in [-0.25, -0.2) is 0 Å². The number of Topliss-reactive ketones (excluding diaryl/α,β-unsaturated/α-hetero) is 1. The minimum absolute atomic E-state index is 0.122. The van der Waals surface area contributed by atoms with Crippen molar-refractivity contribution in [3.8, 4) is 0 Å². The molecule has 9 heteroatoms.